The summed E-state index contributed by atoms with van der Waals surface area (Å²) in [5.74, 6) is 0. The predicted octanol–water partition coefficient (Wildman–Crippen LogP) is -0.374. The molecule has 3 N–H and O–H groups in total. The number of rotatable bonds is 3. The number of hydrogen-bond donors (Lipinski definition) is 3. The second kappa shape index (κ2) is 4.43. The lowest BCUT2D eigenvalue weighted by molar-refractivity contribution is 0.288. The van der Waals surface area contributed by atoms with Gasteiger partial charge in [0, 0.05) is 18.4 Å². The van der Waals surface area contributed by atoms with Crippen molar-refractivity contribution in [2.45, 2.75) is 11.7 Å². The summed E-state index contributed by atoms with van der Waals surface area (Å²) in [5, 5.41) is 8.43. The third kappa shape index (κ3) is 4.12. The highest BCUT2D eigenvalue weighted by atomic mass is 32.1. The maximum Gasteiger partial charge on any atom is 0.0441 e. The fourth-order valence-electron chi connectivity index (χ4n) is 0.267. The van der Waals surface area contributed by atoms with E-state index in [4.69, 9.17) is 10.8 Å². The van der Waals surface area contributed by atoms with Gasteiger partial charge >= 0.3 is 0 Å². The van der Waals surface area contributed by atoms with Gasteiger partial charge in [0.25, 0.3) is 0 Å². The van der Waals surface area contributed by atoms with Crippen LogP contribution in [0.2, 0.25) is 0 Å². The Kier molecular flexibility index (Phi) is 4.60. The summed E-state index contributed by atoms with van der Waals surface area (Å²) in [6.07, 6.45) is 0.694. The van der Waals surface area contributed by atoms with Gasteiger partial charge in [0.15, 0.2) is 0 Å². The molecule has 0 aromatic rings. The second-order valence-electron chi connectivity index (χ2n) is 1.40. The molecule has 0 aliphatic heterocycles. The van der Waals surface area contributed by atoms with E-state index in [0.717, 1.165) is 0 Å². The predicted molar refractivity (Wildman–Crippen MR) is 33.5 cm³/mol. The van der Waals surface area contributed by atoms with E-state index in [1.807, 2.05) is 0 Å². The van der Waals surface area contributed by atoms with Crippen molar-refractivity contribution in [3.63, 3.8) is 0 Å². The molecule has 0 amide bonds. The number of thiol groups is 1. The Morgan fingerprint density at radius 3 is 2.43 bits per heavy atom. The molecule has 0 aromatic heterocycles. The number of aliphatic hydroxyl groups is 1. The van der Waals surface area contributed by atoms with Gasteiger partial charge in [-0.2, -0.15) is 12.6 Å². The van der Waals surface area contributed by atoms with Gasteiger partial charge in [-0.15, -0.1) is 0 Å². The van der Waals surface area contributed by atoms with Crippen LogP contribution in [0.15, 0.2) is 0 Å². The quantitative estimate of drug-likeness (QED) is 0.446. The molecule has 0 aliphatic rings. The topological polar surface area (TPSA) is 46.2 Å². The lowest BCUT2D eigenvalue weighted by Crippen LogP contribution is -2.14. The molecule has 0 saturated carbocycles. The smallest absolute Gasteiger partial charge is 0.0441 e. The molecule has 1 atom stereocenters. The molecule has 0 rings (SSSR count). The van der Waals surface area contributed by atoms with Crippen molar-refractivity contribution in [2.75, 3.05) is 13.2 Å². The number of nitrogens with two attached hydrogens (primary N) is 1. The summed E-state index contributed by atoms with van der Waals surface area (Å²) in [5.41, 5.74) is 5.17. The van der Waals surface area contributed by atoms with Gasteiger partial charge < -0.3 is 10.8 Å². The van der Waals surface area contributed by atoms with Crippen molar-refractivity contribution in [1.82, 2.24) is 0 Å². The minimum absolute atomic E-state index is 0.171. The van der Waals surface area contributed by atoms with Gasteiger partial charge in [-0.05, 0) is 6.42 Å². The normalized spacial score (nSPS) is 14.1. The van der Waals surface area contributed by atoms with Crippen molar-refractivity contribution >= 4 is 12.6 Å². The minimum Gasteiger partial charge on any atom is -0.396 e. The third-order valence-electron chi connectivity index (χ3n) is 0.734. The van der Waals surface area contributed by atoms with E-state index in [1.165, 1.54) is 0 Å². The molecule has 0 radical (unpaired) electrons. The summed E-state index contributed by atoms with van der Waals surface area (Å²) in [6.45, 7) is 0.731. The Hall–Kier alpha value is 0.270. The molecule has 7 heavy (non-hydrogen) atoms. The standard InChI is InChI=1S/C4H11NOS/c5-3-4(7)1-2-6/h4,6-7H,1-3,5H2. The van der Waals surface area contributed by atoms with Gasteiger partial charge in [0.2, 0.25) is 0 Å². The van der Waals surface area contributed by atoms with Crippen molar-refractivity contribution in [1.29, 1.82) is 0 Å². The second-order valence-corrected chi connectivity index (χ2v) is 2.13. The molecule has 44 valence electrons. The Bertz CT molecular complexity index is 42.7. The highest BCUT2D eigenvalue weighted by Crippen LogP contribution is 1.95. The van der Waals surface area contributed by atoms with Crippen LogP contribution in [0.1, 0.15) is 6.42 Å². The lowest BCUT2D eigenvalue weighted by Gasteiger charge is -2.01. The zero-order chi connectivity index (χ0) is 5.70. The Morgan fingerprint density at radius 1 is 1.71 bits per heavy atom. The molecular formula is C4H11NOS. The highest BCUT2D eigenvalue weighted by molar-refractivity contribution is 7.81. The van der Waals surface area contributed by atoms with E-state index < -0.39 is 0 Å². The molecule has 0 aliphatic carbocycles. The van der Waals surface area contributed by atoms with E-state index in [1.54, 1.807) is 0 Å². The van der Waals surface area contributed by atoms with E-state index in [9.17, 15) is 0 Å². The molecule has 3 heteroatoms. The lowest BCUT2D eigenvalue weighted by atomic mass is 10.3. The van der Waals surface area contributed by atoms with Crippen molar-refractivity contribution in [3.8, 4) is 0 Å². The maximum atomic E-state index is 8.26. The van der Waals surface area contributed by atoms with Gasteiger partial charge in [-0.25, -0.2) is 0 Å². The summed E-state index contributed by atoms with van der Waals surface area (Å²) < 4.78 is 0. The van der Waals surface area contributed by atoms with Crippen LogP contribution in [-0.2, 0) is 0 Å². The highest BCUT2D eigenvalue weighted by Gasteiger charge is 1.94. The zero-order valence-electron chi connectivity index (χ0n) is 4.17. The fourth-order valence-corrected chi connectivity index (χ4v) is 0.382. The van der Waals surface area contributed by atoms with Crippen LogP contribution in [0.4, 0.5) is 0 Å². The van der Waals surface area contributed by atoms with Crippen LogP contribution in [0, 0.1) is 0 Å². The van der Waals surface area contributed by atoms with Gasteiger partial charge in [0.05, 0.1) is 0 Å². The SMILES string of the molecule is NCC(S)CCO. The number of hydrogen-bond acceptors (Lipinski definition) is 3. The summed E-state index contributed by atoms with van der Waals surface area (Å²) in [7, 11) is 0. The molecule has 1 unspecified atom stereocenters. The molecule has 0 saturated heterocycles. The zero-order valence-corrected chi connectivity index (χ0v) is 5.06. The van der Waals surface area contributed by atoms with Crippen LogP contribution in [-0.4, -0.2) is 23.5 Å². The first kappa shape index (κ1) is 7.27. The van der Waals surface area contributed by atoms with Crippen LogP contribution in [0.5, 0.6) is 0 Å². The van der Waals surface area contributed by atoms with Crippen LogP contribution in [0.3, 0.4) is 0 Å². The van der Waals surface area contributed by atoms with E-state index in [2.05, 4.69) is 12.6 Å². The largest absolute Gasteiger partial charge is 0.396 e. The summed E-state index contributed by atoms with van der Waals surface area (Å²) in [6, 6.07) is 0. The Morgan fingerprint density at radius 2 is 2.29 bits per heavy atom. The van der Waals surface area contributed by atoms with Crippen molar-refractivity contribution < 1.29 is 5.11 Å². The summed E-state index contributed by atoms with van der Waals surface area (Å²) in [4.78, 5) is 0. The summed E-state index contributed by atoms with van der Waals surface area (Å²) >= 11 is 4.03. The van der Waals surface area contributed by atoms with Gasteiger partial charge in [-0.1, -0.05) is 0 Å². The average molecular weight is 121 g/mol. The average Bonchev–Trinajstić information content (AvgIpc) is 1.68. The first-order valence-corrected chi connectivity index (χ1v) is 2.82. The van der Waals surface area contributed by atoms with Crippen molar-refractivity contribution in [3.05, 3.63) is 0 Å². The minimum atomic E-state index is 0.171. The monoisotopic (exact) mass is 121 g/mol. The molecule has 0 fully saturated rings. The van der Waals surface area contributed by atoms with Crippen LogP contribution < -0.4 is 5.73 Å². The first-order valence-electron chi connectivity index (χ1n) is 2.30. The Labute approximate surface area is 49.1 Å². The van der Waals surface area contributed by atoms with E-state index in [-0.39, 0.29) is 11.9 Å². The van der Waals surface area contributed by atoms with Gasteiger partial charge in [-0.3, -0.25) is 0 Å². The Balaban J connectivity index is 2.83. The number of aliphatic hydroxyl groups excluding tert-OH is 1. The molecular weight excluding hydrogens is 110 g/mol. The third-order valence-corrected chi connectivity index (χ3v) is 1.20. The molecule has 0 spiro atoms. The first-order chi connectivity index (χ1) is 3.31. The van der Waals surface area contributed by atoms with E-state index >= 15 is 0 Å². The van der Waals surface area contributed by atoms with Gasteiger partial charge in [0.1, 0.15) is 0 Å². The van der Waals surface area contributed by atoms with Crippen molar-refractivity contribution in [2.24, 2.45) is 5.73 Å². The van der Waals surface area contributed by atoms with Crippen LogP contribution >= 0.6 is 12.6 Å². The van der Waals surface area contributed by atoms with Crippen LogP contribution in [0.25, 0.3) is 0 Å². The molecule has 0 heterocycles. The molecule has 2 nitrogen and oxygen atoms in total. The fraction of sp³-hybridized carbons (Fsp3) is 1.00. The van der Waals surface area contributed by atoms with E-state index in [0.29, 0.717) is 13.0 Å². The maximum absolute atomic E-state index is 8.26. The molecule has 0 aromatic carbocycles. The molecule has 0 bridgehead atoms.